The fraction of sp³-hybridized carbons (Fsp3) is 0. The molecule has 6 nitrogen and oxygen atoms in total. The van der Waals surface area contributed by atoms with E-state index < -0.39 is 0 Å². The molecule has 6 N–H and O–H groups in total. The minimum atomic E-state index is 0. The predicted octanol–water partition coefficient (Wildman–Crippen LogP) is 15.1. The fourth-order valence-electron chi connectivity index (χ4n) is 10.0. The molecule has 0 heterocycles. The second-order valence-electron chi connectivity index (χ2n) is 18.2. The smallest absolute Gasteiger partial charge is 0.124 e. The molecular formula is C72H42LaO6. The summed E-state index contributed by atoms with van der Waals surface area (Å²) < 4.78 is 0. The number of hydrogen-bond donors (Lipinski definition) is 6. The molecule has 0 atom stereocenters. The monoisotopic (exact) mass is 1140 g/mol. The van der Waals surface area contributed by atoms with Gasteiger partial charge in [-0.05, 0) is 174 Å². The van der Waals surface area contributed by atoms with Crippen LogP contribution in [0.5, 0.6) is 34.5 Å². The quantitative estimate of drug-likeness (QED) is 0.0981. The van der Waals surface area contributed by atoms with Crippen LogP contribution < -0.4 is 0 Å². The number of aromatic hydroxyl groups is 6. The molecule has 7 heteroatoms. The zero-order chi connectivity index (χ0) is 54.8. The molecule has 0 bridgehead atoms. The summed E-state index contributed by atoms with van der Waals surface area (Å²) in [6.45, 7) is 0. The van der Waals surface area contributed by atoms with Gasteiger partial charge in [-0.15, -0.1) is 38.5 Å². The molecule has 0 aliphatic heterocycles. The van der Waals surface area contributed by atoms with E-state index in [0.29, 0.717) is 33.4 Å². The van der Waals surface area contributed by atoms with E-state index in [4.69, 9.17) is 38.5 Å². The van der Waals surface area contributed by atoms with E-state index in [0.717, 1.165) is 98.0 Å². The first kappa shape index (κ1) is 53.4. The zero-order valence-electron chi connectivity index (χ0n) is 42.0. The van der Waals surface area contributed by atoms with Crippen molar-refractivity contribution in [3.8, 4) is 142 Å². The summed E-state index contributed by atoms with van der Waals surface area (Å²) in [6, 6.07) is 54.0. The Morgan fingerprint density at radius 2 is 0.342 bits per heavy atom. The molecule has 0 aromatic heterocycles. The molecule has 0 saturated carbocycles. The largest absolute Gasteiger partial charge is 0.507 e. The third-order valence-electron chi connectivity index (χ3n) is 13.7. The van der Waals surface area contributed by atoms with Gasteiger partial charge in [0, 0.05) is 102 Å². The Balaban J connectivity index is 0.000000143. The number of phenols is 6. The fourth-order valence-corrected chi connectivity index (χ4v) is 10.0. The zero-order valence-corrected chi connectivity index (χ0v) is 45.7. The summed E-state index contributed by atoms with van der Waals surface area (Å²) >= 11 is 0. The molecule has 12 rings (SSSR count). The topological polar surface area (TPSA) is 121 Å². The van der Waals surface area contributed by atoms with Crippen molar-refractivity contribution in [1.82, 2.24) is 0 Å². The van der Waals surface area contributed by atoms with Crippen molar-refractivity contribution in [3.05, 3.63) is 215 Å². The summed E-state index contributed by atoms with van der Waals surface area (Å²) in [5, 5.41) is 73.8. The Bertz CT molecular complexity index is 3990. The van der Waals surface area contributed by atoms with Gasteiger partial charge in [-0.1, -0.05) is 108 Å². The second-order valence-corrected chi connectivity index (χ2v) is 18.2. The molecule has 369 valence electrons. The van der Waals surface area contributed by atoms with Gasteiger partial charge in [-0.25, -0.2) is 0 Å². The minimum Gasteiger partial charge on any atom is -0.507 e. The standard InChI is InChI=1S/3C24H14O2.La/c3*1-3-15-5-9-19-17(13-15)7-11-21(25)23(19)24-20-10-6-16(4-2)14-18(20)8-12-22(24)26;/h3*1-2,5-14,25-26H;. The van der Waals surface area contributed by atoms with Crippen LogP contribution in [0, 0.1) is 110 Å². The van der Waals surface area contributed by atoms with Crippen LogP contribution in [0.25, 0.3) is 98.0 Å². The first-order valence-electron chi connectivity index (χ1n) is 24.2. The molecule has 12 aromatic carbocycles. The maximum absolute atomic E-state index is 10.6. The third kappa shape index (κ3) is 10.1. The molecule has 0 unspecified atom stereocenters. The van der Waals surface area contributed by atoms with E-state index in [1.165, 1.54) is 0 Å². The molecule has 0 spiro atoms. The van der Waals surface area contributed by atoms with Gasteiger partial charge in [0.15, 0.2) is 0 Å². The number of benzene rings is 12. The van der Waals surface area contributed by atoms with Crippen molar-refractivity contribution >= 4 is 64.6 Å². The van der Waals surface area contributed by atoms with E-state index >= 15 is 0 Å². The summed E-state index contributed by atoms with van der Waals surface area (Å²) in [5.74, 6) is 16.3. The molecule has 79 heavy (non-hydrogen) atoms. The normalized spacial score (nSPS) is 10.4. The van der Waals surface area contributed by atoms with Crippen molar-refractivity contribution in [1.29, 1.82) is 0 Å². The summed E-state index contributed by atoms with van der Waals surface area (Å²) in [7, 11) is 0. The van der Waals surface area contributed by atoms with Gasteiger partial charge in [-0.2, -0.15) is 0 Å². The van der Waals surface area contributed by atoms with Crippen LogP contribution in [0.2, 0.25) is 0 Å². The average molecular weight is 1140 g/mol. The van der Waals surface area contributed by atoms with E-state index in [2.05, 4.69) is 35.5 Å². The van der Waals surface area contributed by atoms with Gasteiger partial charge in [0.1, 0.15) is 34.5 Å². The van der Waals surface area contributed by atoms with E-state index in [1.807, 2.05) is 146 Å². The van der Waals surface area contributed by atoms with Crippen LogP contribution in [0.3, 0.4) is 0 Å². The van der Waals surface area contributed by atoms with Crippen molar-refractivity contribution in [2.75, 3.05) is 0 Å². The number of fused-ring (bicyclic) bond motifs is 6. The molecule has 0 aliphatic rings. The Kier molecular flexibility index (Phi) is 15.1. The van der Waals surface area contributed by atoms with Gasteiger partial charge in [0.25, 0.3) is 0 Å². The molecule has 0 amide bonds. The summed E-state index contributed by atoms with van der Waals surface area (Å²) in [6.07, 6.45) is 32.9. The van der Waals surface area contributed by atoms with Crippen LogP contribution in [-0.4, -0.2) is 30.6 Å². The first-order chi connectivity index (χ1) is 37.9. The molecule has 12 aromatic rings. The van der Waals surface area contributed by atoms with Gasteiger partial charge in [0.05, 0.1) is 0 Å². The predicted molar refractivity (Wildman–Crippen MR) is 318 cm³/mol. The molecule has 0 aliphatic carbocycles. The van der Waals surface area contributed by atoms with Crippen LogP contribution in [0.1, 0.15) is 33.4 Å². The Morgan fingerprint density at radius 1 is 0.203 bits per heavy atom. The Morgan fingerprint density at radius 3 is 0.468 bits per heavy atom. The van der Waals surface area contributed by atoms with E-state index in [-0.39, 0.29) is 70.1 Å². The molecule has 1 radical (unpaired) electrons. The maximum atomic E-state index is 10.6. The Labute approximate surface area is 484 Å². The van der Waals surface area contributed by atoms with E-state index in [9.17, 15) is 30.6 Å². The van der Waals surface area contributed by atoms with Crippen LogP contribution in [-0.2, 0) is 0 Å². The van der Waals surface area contributed by atoms with Crippen LogP contribution >= 0.6 is 0 Å². The van der Waals surface area contributed by atoms with E-state index in [1.54, 1.807) is 36.4 Å². The van der Waals surface area contributed by atoms with Crippen LogP contribution in [0.15, 0.2) is 182 Å². The number of hydrogen-bond acceptors (Lipinski definition) is 6. The Hall–Kier alpha value is -10.4. The van der Waals surface area contributed by atoms with Gasteiger partial charge < -0.3 is 30.6 Å². The van der Waals surface area contributed by atoms with Gasteiger partial charge in [0.2, 0.25) is 0 Å². The van der Waals surface area contributed by atoms with Crippen molar-refractivity contribution in [2.45, 2.75) is 0 Å². The maximum Gasteiger partial charge on any atom is 0.124 e. The van der Waals surface area contributed by atoms with Crippen molar-refractivity contribution < 1.29 is 66.2 Å². The third-order valence-corrected chi connectivity index (χ3v) is 13.7. The summed E-state index contributed by atoms with van der Waals surface area (Å²) in [5.41, 5.74) is 7.99. The number of terminal acetylenes is 6. The van der Waals surface area contributed by atoms with Crippen molar-refractivity contribution in [3.63, 3.8) is 0 Å². The van der Waals surface area contributed by atoms with Gasteiger partial charge >= 0.3 is 0 Å². The summed E-state index contributed by atoms with van der Waals surface area (Å²) in [4.78, 5) is 0. The number of rotatable bonds is 3. The molecular weight excluding hydrogens is 1100 g/mol. The SMILES string of the molecule is C#Cc1ccc2c(-c3c(O)ccc4cc(C#C)ccc34)c(O)ccc2c1.C#Cc1ccc2c(-c3c(O)ccc4cc(C#C)ccc34)c(O)ccc2c1.C#Cc1ccc2c(-c3c(O)ccc4cc(C#C)ccc34)c(O)ccc2c1.[La]. The van der Waals surface area contributed by atoms with Gasteiger partial charge in [-0.3, -0.25) is 0 Å². The van der Waals surface area contributed by atoms with Crippen LogP contribution in [0.4, 0.5) is 0 Å². The van der Waals surface area contributed by atoms with Crippen molar-refractivity contribution in [2.24, 2.45) is 0 Å². The average Bonchev–Trinajstić information content (AvgIpc) is 3.49. The minimum absolute atomic E-state index is 0. The number of phenolic OH excluding ortho intramolecular Hbond substituents is 6. The molecule has 0 fully saturated rings. The first-order valence-corrected chi connectivity index (χ1v) is 24.2. The molecule has 0 saturated heterocycles. The second kappa shape index (κ2) is 22.4.